The predicted octanol–water partition coefficient (Wildman–Crippen LogP) is 2.52. The van der Waals surface area contributed by atoms with E-state index in [9.17, 15) is 10.1 Å². The average Bonchev–Trinajstić information content (AvgIpc) is 2.70. The molecule has 26 heavy (non-hydrogen) atoms. The highest BCUT2D eigenvalue weighted by Crippen LogP contribution is 2.12. The molecule has 0 aliphatic carbocycles. The molecule has 2 aromatic carbocycles. The van der Waals surface area contributed by atoms with Crippen LogP contribution in [0.1, 0.15) is 11.1 Å². The van der Waals surface area contributed by atoms with Crippen molar-refractivity contribution in [2.45, 2.75) is 13.1 Å². The van der Waals surface area contributed by atoms with Gasteiger partial charge >= 0.3 is 0 Å². The van der Waals surface area contributed by atoms with Crippen LogP contribution in [0.15, 0.2) is 60.3 Å². The Hall–Kier alpha value is -3.46. The lowest BCUT2D eigenvalue weighted by atomic mass is 10.2. The fraction of sp³-hybridized carbons (Fsp3) is 0.200. The van der Waals surface area contributed by atoms with Gasteiger partial charge in [-0.2, -0.15) is 5.26 Å². The monoisotopic (exact) mass is 351 g/mol. The zero-order valence-corrected chi connectivity index (χ0v) is 14.8. The summed E-state index contributed by atoms with van der Waals surface area (Å²) >= 11 is 0. The summed E-state index contributed by atoms with van der Waals surface area (Å²) in [6, 6.07) is 16.8. The minimum Gasteiger partial charge on any atom is -0.497 e. The lowest BCUT2D eigenvalue weighted by molar-refractivity contribution is -0.117. The first-order valence-corrected chi connectivity index (χ1v) is 8.04. The number of ether oxygens (including phenoxy) is 2. The maximum absolute atomic E-state index is 12.1. The van der Waals surface area contributed by atoms with Crippen LogP contribution in [0.25, 0.3) is 0 Å². The second-order valence-corrected chi connectivity index (χ2v) is 5.43. The maximum Gasteiger partial charge on any atom is 0.263 e. The number of nitrogens with zero attached hydrogens (tertiary/aromatic N) is 1. The molecule has 0 aliphatic rings. The third-order valence-corrected chi connectivity index (χ3v) is 3.66. The second kappa shape index (κ2) is 9.74. The molecule has 0 radical (unpaired) electrons. The lowest BCUT2D eigenvalue weighted by Crippen LogP contribution is -2.25. The van der Waals surface area contributed by atoms with Crippen molar-refractivity contribution in [1.82, 2.24) is 10.6 Å². The Bertz CT molecular complexity index is 808. The molecule has 1 amide bonds. The second-order valence-electron chi connectivity index (χ2n) is 5.43. The smallest absolute Gasteiger partial charge is 0.263 e. The van der Waals surface area contributed by atoms with Crippen molar-refractivity contribution in [2.24, 2.45) is 0 Å². The molecule has 0 bridgehead atoms. The molecule has 0 spiro atoms. The van der Waals surface area contributed by atoms with Gasteiger partial charge in [0.2, 0.25) is 0 Å². The van der Waals surface area contributed by atoms with Crippen LogP contribution in [0.5, 0.6) is 11.5 Å². The normalized spacial score (nSPS) is 10.6. The molecule has 0 unspecified atom stereocenters. The van der Waals surface area contributed by atoms with Crippen molar-refractivity contribution in [3.05, 3.63) is 71.4 Å². The molecule has 2 rings (SSSR count). The van der Waals surface area contributed by atoms with Crippen molar-refractivity contribution < 1.29 is 14.3 Å². The van der Waals surface area contributed by atoms with E-state index in [1.807, 2.05) is 54.6 Å². The first-order valence-electron chi connectivity index (χ1n) is 8.04. The molecule has 0 heterocycles. The van der Waals surface area contributed by atoms with Gasteiger partial charge in [-0.3, -0.25) is 4.79 Å². The first-order chi connectivity index (χ1) is 12.7. The van der Waals surface area contributed by atoms with E-state index >= 15 is 0 Å². The van der Waals surface area contributed by atoms with Crippen LogP contribution >= 0.6 is 0 Å². The summed E-state index contributed by atoms with van der Waals surface area (Å²) in [5, 5.41) is 14.9. The molecule has 2 aromatic rings. The van der Waals surface area contributed by atoms with Crippen molar-refractivity contribution in [2.75, 3.05) is 14.2 Å². The third-order valence-electron chi connectivity index (χ3n) is 3.66. The van der Waals surface area contributed by atoms with Gasteiger partial charge in [0, 0.05) is 19.3 Å². The van der Waals surface area contributed by atoms with Crippen molar-refractivity contribution in [3.63, 3.8) is 0 Å². The molecule has 0 saturated carbocycles. The molecular weight excluding hydrogens is 330 g/mol. The Balaban J connectivity index is 1.88. The van der Waals surface area contributed by atoms with Gasteiger partial charge in [0.25, 0.3) is 5.91 Å². The van der Waals surface area contributed by atoms with Crippen LogP contribution in [0.3, 0.4) is 0 Å². The summed E-state index contributed by atoms with van der Waals surface area (Å²) in [4.78, 5) is 12.1. The Morgan fingerprint density at radius 1 is 1.04 bits per heavy atom. The molecule has 0 atom stereocenters. The fourth-order valence-electron chi connectivity index (χ4n) is 2.22. The molecule has 0 fully saturated rings. The average molecular weight is 351 g/mol. The quantitative estimate of drug-likeness (QED) is 0.564. The molecule has 6 nitrogen and oxygen atoms in total. The maximum atomic E-state index is 12.1. The molecule has 2 N–H and O–H groups in total. The van der Waals surface area contributed by atoms with Gasteiger partial charge in [-0.05, 0) is 35.4 Å². The third kappa shape index (κ3) is 5.56. The number of carbonyl (C=O) groups excluding carboxylic acids is 1. The van der Waals surface area contributed by atoms with E-state index in [0.29, 0.717) is 13.1 Å². The van der Waals surface area contributed by atoms with Crippen LogP contribution in [0, 0.1) is 11.3 Å². The number of benzene rings is 2. The molecule has 6 heteroatoms. The van der Waals surface area contributed by atoms with E-state index in [0.717, 1.165) is 22.6 Å². The Morgan fingerprint density at radius 3 is 2.42 bits per heavy atom. The van der Waals surface area contributed by atoms with E-state index in [1.54, 1.807) is 14.2 Å². The molecule has 134 valence electrons. The highest BCUT2D eigenvalue weighted by atomic mass is 16.5. The summed E-state index contributed by atoms with van der Waals surface area (Å²) in [5.74, 6) is 1.08. The topological polar surface area (TPSA) is 83.4 Å². The zero-order chi connectivity index (χ0) is 18.8. The van der Waals surface area contributed by atoms with Crippen LogP contribution in [0.2, 0.25) is 0 Å². The Morgan fingerprint density at radius 2 is 1.77 bits per heavy atom. The number of carbonyl (C=O) groups is 1. The van der Waals surface area contributed by atoms with E-state index in [4.69, 9.17) is 9.47 Å². The fourth-order valence-corrected chi connectivity index (χ4v) is 2.22. The van der Waals surface area contributed by atoms with Crippen LogP contribution in [-0.2, 0) is 17.9 Å². The van der Waals surface area contributed by atoms with Gasteiger partial charge in [-0.15, -0.1) is 0 Å². The van der Waals surface area contributed by atoms with E-state index in [-0.39, 0.29) is 5.57 Å². The molecular formula is C20H21N3O3. The number of nitriles is 1. The number of hydrogen-bond donors (Lipinski definition) is 2. The Kier molecular flexibility index (Phi) is 7.07. The molecule has 0 aromatic heterocycles. The lowest BCUT2D eigenvalue weighted by Gasteiger charge is -2.07. The Labute approximate surface area is 153 Å². The number of rotatable bonds is 8. The van der Waals surface area contributed by atoms with E-state index in [1.165, 1.54) is 6.20 Å². The zero-order valence-electron chi connectivity index (χ0n) is 14.8. The van der Waals surface area contributed by atoms with Gasteiger partial charge in [0.05, 0.1) is 14.2 Å². The minimum absolute atomic E-state index is 0.0152. The van der Waals surface area contributed by atoms with Gasteiger partial charge in [0.15, 0.2) is 0 Å². The van der Waals surface area contributed by atoms with Gasteiger partial charge in [0.1, 0.15) is 23.1 Å². The summed E-state index contributed by atoms with van der Waals surface area (Å²) in [6.45, 7) is 0.811. The summed E-state index contributed by atoms with van der Waals surface area (Å²) in [7, 11) is 3.20. The number of amides is 1. The highest BCUT2D eigenvalue weighted by molar-refractivity contribution is 5.97. The van der Waals surface area contributed by atoms with E-state index in [2.05, 4.69) is 10.6 Å². The summed E-state index contributed by atoms with van der Waals surface area (Å²) in [6.07, 6.45) is 1.42. The van der Waals surface area contributed by atoms with Crippen LogP contribution < -0.4 is 20.1 Å². The predicted molar refractivity (Wildman–Crippen MR) is 98.4 cm³/mol. The van der Waals surface area contributed by atoms with Crippen molar-refractivity contribution in [3.8, 4) is 17.6 Å². The van der Waals surface area contributed by atoms with Gasteiger partial charge in [-0.1, -0.05) is 24.3 Å². The minimum atomic E-state index is -0.429. The standard InChI is InChI=1S/C20H21N3O3/c1-25-18-8-6-15(7-9-18)13-23-20(24)17(11-21)14-22-12-16-4-3-5-19(10-16)26-2/h3-10,14,22H,12-13H2,1-2H3,(H,23,24)/b17-14-. The van der Waals surface area contributed by atoms with Crippen molar-refractivity contribution >= 4 is 5.91 Å². The van der Waals surface area contributed by atoms with Crippen molar-refractivity contribution in [1.29, 1.82) is 5.26 Å². The molecule has 0 aliphatic heterocycles. The van der Waals surface area contributed by atoms with E-state index < -0.39 is 5.91 Å². The summed E-state index contributed by atoms with van der Waals surface area (Å²) in [5.41, 5.74) is 1.92. The van der Waals surface area contributed by atoms with Gasteiger partial charge in [-0.25, -0.2) is 0 Å². The number of hydrogen-bond acceptors (Lipinski definition) is 5. The summed E-state index contributed by atoms with van der Waals surface area (Å²) < 4.78 is 10.3. The van der Waals surface area contributed by atoms with Crippen LogP contribution in [0.4, 0.5) is 0 Å². The largest absolute Gasteiger partial charge is 0.497 e. The number of methoxy groups -OCH3 is 2. The SMILES string of the molecule is COc1ccc(CNC(=O)/C(C#N)=C\NCc2cccc(OC)c2)cc1. The highest BCUT2D eigenvalue weighted by Gasteiger charge is 2.08. The first kappa shape index (κ1) is 18.9. The number of nitrogens with one attached hydrogen (secondary N) is 2. The van der Waals surface area contributed by atoms with Gasteiger partial charge < -0.3 is 20.1 Å². The molecule has 0 saturated heterocycles. The van der Waals surface area contributed by atoms with Crippen LogP contribution in [-0.4, -0.2) is 20.1 Å².